The number of ether oxygens (including phenoxy) is 6. The molecule has 0 aromatic heterocycles. The van der Waals surface area contributed by atoms with Crippen LogP contribution in [0.1, 0.15) is 41.4 Å². The highest BCUT2D eigenvalue weighted by Gasteiger charge is 2.56. The van der Waals surface area contributed by atoms with Gasteiger partial charge >= 0.3 is 30.1 Å². The van der Waals surface area contributed by atoms with Crippen LogP contribution in [0.15, 0.2) is 157 Å². The summed E-state index contributed by atoms with van der Waals surface area (Å²) in [5.41, 5.74) is -0.0451. The summed E-state index contributed by atoms with van der Waals surface area (Å²) in [6.07, 6.45) is -15.0. The van der Waals surface area contributed by atoms with Gasteiger partial charge in [-0.2, -0.15) is 13.2 Å². The van der Waals surface area contributed by atoms with Crippen molar-refractivity contribution in [2.45, 2.75) is 36.9 Å². The van der Waals surface area contributed by atoms with Crippen LogP contribution in [0.25, 0.3) is 0 Å². The van der Waals surface area contributed by atoms with Gasteiger partial charge in [0.1, 0.15) is 12.7 Å². The lowest BCUT2D eigenvalue weighted by Crippen LogP contribution is -2.63. The van der Waals surface area contributed by atoms with Crippen molar-refractivity contribution < 1.29 is 60.8 Å². The van der Waals surface area contributed by atoms with Crippen LogP contribution < -0.4 is 0 Å². The molecule has 0 saturated carbocycles. The summed E-state index contributed by atoms with van der Waals surface area (Å²) in [6, 6.07) is 37.3. The molecule has 286 valence electrons. The lowest BCUT2D eigenvalue weighted by molar-refractivity contribution is -0.283. The molecule has 0 spiro atoms. The number of hydrogen-bond acceptors (Lipinski definition) is 11. The Morgan fingerprint density at radius 3 is 1.30 bits per heavy atom. The minimum atomic E-state index is -5.24. The van der Waals surface area contributed by atoms with Crippen LogP contribution in [-0.2, 0) is 28.4 Å². The van der Waals surface area contributed by atoms with Gasteiger partial charge in [-0.1, -0.05) is 91.0 Å². The van der Waals surface area contributed by atoms with E-state index in [-0.39, 0.29) is 27.9 Å². The number of rotatable bonds is 11. The highest BCUT2D eigenvalue weighted by atomic mass is 19.4. The van der Waals surface area contributed by atoms with Gasteiger partial charge in [0.2, 0.25) is 12.4 Å². The molecule has 56 heavy (non-hydrogen) atoms. The van der Waals surface area contributed by atoms with E-state index in [1.54, 1.807) is 54.6 Å². The second-order valence-electron chi connectivity index (χ2n) is 12.1. The fraction of sp³-hybridized carbons (Fsp3) is 0.167. The van der Waals surface area contributed by atoms with Gasteiger partial charge in [-0.3, -0.25) is 0 Å². The molecule has 5 aromatic carbocycles. The van der Waals surface area contributed by atoms with Crippen LogP contribution in [0.4, 0.5) is 18.9 Å². The maximum atomic E-state index is 14.7. The number of aliphatic imine (C=N–C) groups is 1. The molecule has 0 bridgehead atoms. The van der Waals surface area contributed by atoms with Gasteiger partial charge in [-0.25, -0.2) is 24.2 Å². The molecular weight excluding hydrogens is 735 g/mol. The normalized spacial score (nSPS) is 19.6. The zero-order valence-corrected chi connectivity index (χ0v) is 29.2. The van der Waals surface area contributed by atoms with E-state index in [9.17, 15) is 32.3 Å². The van der Waals surface area contributed by atoms with E-state index in [1.165, 1.54) is 97.1 Å². The molecule has 0 N–H and O–H groups in total. The third-order valence-electron chi connectivity index (χ3n) is 8.19. The van der Waals surface area contributed by atoms with Crippen molar-refractivity contribution in [1.82, 2.24) is 0 Å². The van der Waals surface area contributed by atoms with Crippen molar-refractivity contribution >= 4 is 35.5 Å². The third kappa shape index (κ3) is 10.0. The number of carbonyl (C=O) groups is 4. The minimum absolute atomic E-state index is 0.00796. The molecule has 6 rings (SSSR count). The lowest BCUT2D eigenvalue weighted by Gasteiger charge is -2.44. The maximum Gasteiger partial charge on any atom is 0.468 e. The molecule has 1 heterocycles. The maximum absolute atomic E-state index is 14.7. The molecule has 14 heteroatoms. The highest BCUT2D eigenvalue weighted by molar-refractivity contribution is 5.92. The third-order valence-corrected chi connectivity index (χ3v) is 8.19. The molecule has 1 saturated heterocycles. The van der Waals surface area contributed by atoms with Crippen molar-refractivity contribution in [1.29, 1.82) is 0 Å². The van der Waals surface area contributed by atoms with Gasteiger partial charge in [0.15, 0.2) is 12.2 Å². The van der Waals surface area contributed by atoms with E-state index >= 15 is 0 Å². The zero-order valence-electron chi connectivity index (χ0n) is 29.2. The predicted octanol–water partition coefficient (Wildman–Crippen LogP) is 7.55. The van der Waals surface area contributed by atoms with E-state index in [1.807, 2.05) is 0 Å². The van der Waals surface area contributed by atoms with Crippen molar-refractivity contribution in [3.8, 4) is 0 Å². The number of para-hydroxylation sites is 1. The van der Waals surface area contributed by atoms with E-state index < -0.39 is 73.3 Å². The summed E-state index contributed by atoms with van der Waals surface area (Å²) in [5.74, 6) is -5.77. The largest absolute Gasteiger partial charge is 0.468 e. The monoisotopic (exact) mass is 767 g/mol. The first-order valence-corrected chi connectivity index (χ1v) is 17.1. The molecular formula is C42H32F3NO10. The van der Waals surface area contributed by atoms with Crippen LogP contribution in [0.3, 0.4) is 0 Å². The Labute approximate surface area is 318 Å². The van der Waals surface area contributed by atoms with Gasteiger partial charge in [0.25, 0.3) is 5.90 Å². The molecule has 5 atom stereocenters. The number of hydrogen-bond donors (Lipinski definition) is 0. The molecule has 5 aromatic rings. The van der Waals surface area contributed by atoms with Crippen molar-refractivity contribution in [2.75, 3.05) is 6.61 Å². The molecule has 1 aliphatic rings. The summed E-state index contributed by atoms with van der Waals surface area (Å²) in [6.45, 7) is -0.768. The number of halogens is 3. The van der Waals surface area contributed by atoms with Gasteiger partial charge in [-0.05, 0) is 60.7 Å². The standard InChI is InChI=1S/C42H32F3NO10/c43-42(44,45)41(46-31-24-14-5-15-25-31)56-40-35(55-39(50)30-22-12-4-13-23-30)34(54-38(49)29-20-10-3-11-21-29)33(53-37(48)28-18-8-2-9-19-28)32(52-40)26-51-36(47)27-16-6-1-7-17-27/h1-25,32-35,40H,26H2/t32-,33-,34+,35-,40-/m1/s1. The summed E-state index contributed by atoms with van der Waals surface area (Å²) in [5, 5.41) is 0. The Kier molecular flexibility index (Phi) is 12.5. The number of benzene rings is 5. The first-order valence-electron chi connectivity index (χ1n) is 17.1. The molecule has 0 amide bonds. The second-order valence-corrected chi connectivity index (χ2v) is 12.1. The molecule has 0 unspecified atom stereocenters. The van der Waals surface area contributed by atoms with Crippen LogP contribution in [0, 0.1) is 0 Å². The average molecular weight is 768 g/mol. The molecule has 0 aliphatic carbocycles. The van der Waals surface area contributed by atoms with Gasteiger partial charge in [0, 0.05) is 0 Å². The fourth-order valence-corrected chi connectivity index (χ4v) is 5.51. The highest BCUT2D eigenvalue weighted by Crippen LogP contribution is 2.34. The van der Waals surface area contributed by atoms with E-state index in [4.69, 9.17) is 28.4 Å². The second kappa shape index (κ2) is 18.0. The predicted molar refractivity (Wildman–Crippen MR) is 193 cm³/mol. The summed E-state index contributed by atoms with van der Waals surface area (Å²) in [7, 11) is 0. The SMILES string of the molecule is O=C(OC[C@H]1O[C@H](OC(=Nc2ccccc2)C(F)(F)F)[C@H](OC(=O)c2ccccc2)[C@@H](OC(=O)c2ccccc2)[C@@H]1OC(=O)c1ccccc1)c1ccccc1. The number of carbonyl (C=O) groups excluding carboxylic acids is 4. The van der Waals surface area contributed by atoms with Gasteiger partial charge in [-0.15, -0.1) is 0 Å². The summed E-state index contributed by atoms with van der Waals surface area (Å²) in [4.78, 5) is 57.7. The van der Waals surface area contributed by atoms with Gasteiger partial charge in [0.05, 0.1) is 27.9 Å². The van der Waals surface area contributed by atoms with Crippen molar-refractivity contribution in [3.05, 3.63) is 174 Å². The van der Waals surface area contributed by atoms with Crippen LogP contribution >= 0.6 is 0 Å². The first-order chi connectivity index (χ1) is 27.1. The number of alkyl halides is 3. The molecule has 0 radical (unpaired) electrons. The van der Waals surface area contributed by atoms with Crippen molar-refractivity contribution in [3.63, 3.8) is 0 Å². The molecule has 1 aliphatic heterocycles. The van der Waals surface area contributed by atoms with Crippen LogP contribution in [0.2, 0.25) is 0 Å². The summed E-state index contributed by atoms with van der Waals surface area (Å²) >= 11 is 0. The number of esters is 4. The molecule has 1 fully saturated rings. The topological polar surface area (TPSA) is 136 Å². The Balaban J connectivity index is 1.46. The quantitative estimate of drug-likeness (QED) is 0.0574. The van der Waals surface area contributed by atoms with Crippen molar-refractivity contribution in [2.24, 2.45) is 4.99 Å². The average Bonchev–Trinajstić information content (AvgIpc) is 3.22. The Morgan fingerprint density at radius 1 is 0.500 bits per heavy atom. The van der Waals surface area contributed by atoms with Crippen LogP contribution in [0.5, 0.6) is 0 Å². The fourth-order valence-electron chi connectivity index (χ4n) is 5.51. The Bertz CT molecular complexity index is 2120. The number of nitrogens with zero attached hydrogens (tertiary/aromatic N) is 1. The smallest absolute Gasteiger partial charge is 0.459 e. The van der Waals surface area contributed by atoms with E-state index in [0.717, 1.165) is 0 Å². The summed E-state index contributed by atoms with van der Waals surface area (Å²) < 4.78 is 78.6. The van der Waals surface area contributed by atoms with E-state index in [2.05, 4.69) is 4.99 Å². The lowest BCUT2D eigenvalue weighted by atomic mass is 9.97. The Morgan fingerprint density at radius 2 is 0.875 bits per heavy atom. The van der Waals surface area contributed by atoms with E-state index in [0.29, 0.717) is 0 Å². The van der Waals surface area contributed by atoms with Gasteiger partial charge < -0.3 is 28.4 Å². The molecule has 11 nitrogen and oxygen atoms in total. The van der Waals surface area contributed by atoms with Crippen LogP contribution in [-0.4, -0.2) is 73.3 Å². The Hall–Kier alpha value is -6.80. The first kappa shape index (κ1) is 38.9. The zero-order chi connectivity index (χ0) is 39.5. The minimum Gasteiger partial charge on any atom is -0.459 e.